The van der Waals surface area contributed by atoms with Gasteiger partial charge in [-0.1, -0.05) is 0 Å². The Hall–Kier alpha value is -2.61. The molecule has 1 aromatic carbocycles. The fourth-order valence-corrected chi connectivity index (χ4v) is 4.06. The maximum Gasteiger partial charge on any atom is 0.341 e. The molecule has 2 fully saturated rings. The zero-order valence-electron chi connectivity index (χ0n) is 15.7. The minimum atomic E-state index is -1.32. The Bertz CT molecular complexity index is 990. The molecule has 0 radical (unpaired) electrons. The van der Waals surface area contributed by atoms with Crippen LogP contribution >= 0.6 is 0 Å². The highest BCUT2D eigenvalue weighted by molar-refractivity contribution is 5.97. The van der Waals surface area contributed by atoms with Gasteiger partial charge in [-0.3, -0.25) is 4.79 Å². The van der Waals surface area contributed by atoms with E-state index < -0.39 is 17.2 Å². The number of aliphatic hydroxyl groups is 1. The van der Waals surface area contributed by atoms with E-state index in [1.165, 1.54) is 13.3 Å². The number of carboxylic acids is 1. The second kappa shape index (κ2) is 7.09. The van der Waals surface area contributed by atoms with Gasteiger partial charge in [-0.15, -0.1) is 0 Å². The highest BCUT2D eigenvalue weighted by Gasteiger charge is 2.32. The smallest absolute Gasteiger partial charge is 0.341 e. The summed E-state index contributed by atoms with van der Waals surface area (Å²) < 4.78 is 22.5. The summed E-state index contributed by atoms with van der Waals surface area (Å²) in [6, 6.07) is 1.22. The number of carbonyl (C=O) groups is 1. The van der Waals surface area contributed by atoms with E-state index in [0.717, 1.165) is 31.7 Å². The summed E-state index contributed by atoms with van der Waals surface area (Å²) in [5, 5.41) is 18.8. The molecule has 4 rings (SSSR count). The lowest BCUT2D eigenvalue weighted by Gasteiger charge is -2.34. The SMILES string of the molecule is COc1c(N2CCC(CO)CC2)c(F)cc2c(=O)c(C(=O)O)cn(C3CC3)c12. The molecule has 0 atom stereocenters. The van der Waals surface area contributed by atoms with Crippen LogP contribution in [0.1, 0.15) is 42.1 Å². The normalized spacial score (nSPS) is 17.9. The average molecular weight is 390 g/mol. The second-order valence-electron chi connectivity index (χ2n) is 7.56. The van der Waals surface area contributed by atoms with Gasteiger partial charge in [0.1, 0.15) is 11.3 Å². The number of nitrogens with zero attached hydrogens (tertiary/aromatic N) is 2. The molecule has 1 aliphatic carbocycles. The molecule has 1 saturated carbocycles. The molecule has 2 aliphatic rings. The van der Waals surface area contributed by atoms with Crippen LogP contribution in [0.25, 0.3) is 10.9 Å². The van der Waals surface area contributed by atoms with Crippen LogP contribution in [0.4, 0.5) is 10.1 Å². The van der Waals surface area contributed by atoms with Crippen LogP contribution in [0.3, 0.4) is 0 Å². The van der Waals surface area contributed by atoms with Crippen molar-refractivity contribution in [3.05, 3.63) is 33.9 Å². The lowest BCUT2D eigenvalue weighted by molar-refractivity contribution is 0.0694. The van der Waals surface area contributed by atoms with Crippen molar-refractivity contribution >= 4 is 22.6 Å². The number of piperidine rings is 1. The fourth-order valence-electron chi connectivity index (χ4n) is 4.06. The Morgan fingerprint density at radius 2 is 1.96 bits per heavy atom. The number of benzene rings is 1. The minimum Gasteiger partial charge on any atom is -0.492 e. The summed E-state index contributed by atoms with van der Waals surface area (Å²) in [4.78, 5) is 26.1. The number of pyridine rings is 1. The minimum absolute atomic E-state index is 0.0233. The Morgan fingerprint density at radius 3 is 2.50 bits per heavy atom. The summed E-state index contributed by atoms with van der Waals surface area (Å²) in [5.74, 6) is -1.46. The summed E-state index contributed by atoms with van der Waals surface area (Å²) in [6.07, 6.45) is 4.57. The predicted molar refractivity (Wildman–Crippen MR) is 102 cm³/mol. The third kappa shape index (κ3) is 3.01. The summed E-state index contributed by atoms with van der Waals surface area (Å²) in [6.45, 7) is 1.26. The first-order valence-electron chi connectivity index (χ1n) is 9.50. The van der Waals surface area contributed by atoms with Crippen LogP contribution in [0.5, 0.6) is 5.75 Å². The third-order valence-corrected chi connectivity index (χ3v) is 5.76. The predicted octanol–water partition coefficient (Wildman–Crippen LogP) is 2.39. The van der Waals surface area contributed by atoms with Crippen molar-refractivity contribution in [1.29, 1.82) is 0 Å². The van der Waals surface area contributed by atoms with E-state index in [9.17, 15) is 19.8 Å². The molecule has 0 bridgehead atoms. The molecule has 8 heteroatoms. The number of methoxy groups -OCH3 is 1. The monoisotopic (exact) mass is 390 g/mol. The lowest BCUT2D eigenvalue weighted by atomic mass is 9.97. The van der Waals surface area contributed by atoms with Crippen molar-refractivity contribution < 1.29 is 24.1 Å². The Labute approximate surface area is 160 Å². The van der Waals surface area contributed by atoms with Crippen LogP contribution in [-0.4, -0.2) is 47.6 Å². The first kappa shape index (κ1) is 18.7. The second-order valence-corrected chi connectivity index (χ2v) is 7.56. The number of ether oxygens (including phenoxy) is 1. The topological polar surface area (TPSA) is 92.0 Å². The molecule has 1 aliphatic heterocycles. The zero-order valence-corrected chi connectivity index (χ0v) is 15.7. The van der Waals surface area contributed by atoms with Gasteiger partial charge in [0, 0.05) is 31.9 Å². The van der Waals surface area contributed by atoms with Gasteiger partial charge in [0.05, 0.1) is 18.0 Å². The number of aromatic carboxylic acids is 1. The van der Waals surface area contributed by atoms with Gasteiger partial charge in [-0.05, 0) is 37.7 Å². The number of rotatable bonds is 5. The standard InChI is InChI=1S/C20H23FN2O5/c1-28-19-16-13(18(25)14(20(26)27)9-23(16)12-2-3-12)8-15(21)17(19)22-6-4-11(10-24)5-7-22/h8-9,11-12,24H,2-7,10H2,1H3,(H,26,27). The molecule has 150 valence electrons. The first-order valence-corrected chi connectivity index (χ1v) is 9.50. The van der Waals surface area contributed by atoms with Crippen LogP contribution in [0.15, 0.2) is 17.1 Å². The van der Waals surface area contributed by atoms with Gasteiger partial charge in [0.2, 0.25) is 5.43 Å². The Kier molecular flexibility index (Phi) is 4.74. The molecule has 28 heavy (non-hydrogen) atoms. The molecule has 2 heterocycles. The maximum absolute atomic E-state index is 15.1. The van der Waals surface area contributed by atoms with Gasteiger partial charge in [0.15, 0.2) is 11.6 Å². The van der Waals surface area contributed by atoms with E-state index in [0.29, 0.717) is 24.3 Å². The average Bonchev–Trinajstić information content (AvgIpc) is 3.52. The summed E-state index contributed by atoms with van der Waals surface area (Å²) >= 11 is 0. The van der Waals surface area contributed by atoms with Crippen molar-refractivity contribution in [2.24, 2.45) is 5.92 Å². The molecule has 1 aromatic heterocycles. The largest absolute Gasteiger partial charge is 0.492 e. The number of fused-ring (bicyclic) bond motifs is 1. The third-order valence-electron chi connectivity index (χ3n) is 5.76. The number of aliphatic hydroxyl groups excluding tert-OH is 1. The number of halogens is 1. The van der Waals surface area contributed by atoms with E-state index >= 15 is 4.39 Å². The molecular formula is C20H23FN2O5. The Balaban J connectivity index is 1.94. The molecule has 2 N–H and O–H groups in total. The van der Waals surface area contributed by atoms with Crippen molar-refractivity contribution in [2.45, 2.75) is 31.7 Å². The van der Waals surface area contributed by atoms with Crippen molar-refractivity contribution in [3.8, 4) is 5.75 Å². The molecular weight excluding hydrogens is 367 g/mol. The molecule has 7 nitrogen and oxygen atoms in total. The Morgan fingerprint density at radius 1 is 1.29 bits per heavy atom. The number of anilines is 1. The molecule has 1 saturated heterocycles. The van der Waals surface area contributed by atoms with Crippen LogP contribution < -0.4 is 15.1 Å². The van der Waals surface area contributed by atoms with E-state index in [4.69, 9.17) is 4.74 Å². The number of carboxylic acid groups (broad SMARTS) is 1. The molecule has 0 amide bonds. The van der Waals surface area contributed by atoms with Crippen molar-refractivity contribution in [1.82, 2.24) is 4.57 Å². The zero-order chi connectivity index (χ0) is 20.0. The van der Waals surface area contributed by atoms with E-state index in [2.05, 4.69) is 0 Å². The lowest BCUT2D eigenvalue weighted by Crippen LogP contribution is -2.35. The number of aromatic nitrogens is 1. The van der Waals surface area contributed by atoms with Gasteiger partial charge in [-0.25, -0.2) is 9.18 Å². The quantitative estimate of drug-likeness (QED) is 0.815. The molecule has 2 aromatic rings. The van der Waals surface area contributed by atoms with E-state index in [1.54, 1.807) is 4.57 Å². The van der Waals surface area contributed by atoms with Gasteiger partial charge < -0.3 is 24.4 Å². The first-order chi connectivity index (χ1) is 13.5. The van der Waals surface area contributed by atoms with Crippen LogP contribution in [0.2, 0.25) is 0 Å². The van der Waals surface area contributed by atoms with E-state index in [-0.39, 0.29) is 35.3 Å². The number of hydrogen-bond acceptors (Lipinski definition) is 5. The highest BCUT2D eigenvalue weighted by Crippen LogP contribution is 2.44. The van der Waals surface area contributed by atoms with E-state index in [1.807, 2.05) is 4.90 Å². The van der Waals surface area contributed by atoms with Crippen LogP contribution in [-0.2, 0) is 0 Å². The molecule has 0 spiro atoms. The fraction of sp³-hybridized carbons (Fsp3) is 0.500. The summed E-state index contributed by atoms with van der Waals surface area (Å²) in [5.41, 5.74) is -0.330. The van der Waals surface area contributed by atoms with Crippen molar-refractivity contribution in [2.75, 3.05) is 31.7 Å². The van der Waals surface area contributed by atoms with Gasteiger partial charge in [0.25, 0.3) is 0 Å². The van der Waals surface area contributed by atoms with Gasteiger partial charge in [-0.2, -0.15) is 0 Å². The van der Waals surface area contributed by atoms with Crippen molar-refractivity contribution in [3.63, 3.8) is 0 Å². The number of hydrogen-bond donors (Lipinski definition) is 2. The highest BCUT2D eigenvalue weighted by atomic mass is 19.1. The molecule has 0 unspecified atom stereocenters. The summed E-state index contributed by atoms with van der Waals surface area (Å²) in [7, 11) is 1.44. The maximum atomic E-state index is 15.1. The van der Waals surface area contributed by atoms with Gasteiger partial charge >= 0.3 is 5.97 Å². The van der Waals surface area contributed by atoms with Crippen LogP contribution in [0, 0.1) is 11.7 Å².